The van der Waals surface area contributed by atoms with E-state index in [0.29, 0.717) is 0 Å². The van der Waals surface area contributed by atoms with Gasteiger partial charge in [-0.2, -0.15) is 0 Å². The largest absolute Gasteiger partial charge is 0.381 e. The molecule has 0 saturated carbocycles. The molecule has 23 heavy (non-hydrogen) atoms. The van der Waals surface area contributed by atoms with E-state index in [4.69, 9.17) is 4.74 Å². The minimum atomic E-state index is 1.00. The van der Waals surface area contributed by atoms with E-state index in [1.807, 2.05) is 0 Å². The van der Waals surface area contributed by atoms with Crippen molar-refractivity contribution in [3.05, 3.63) is 0 Å². The van der Waals surface area contributed by atoms with Gasteiger partial charge >= 0.3 is 0 Å². The van der Waals surface area contributed by atoms with Crippen molar-refractivity contribution in [2.45, 2.75) is 98.3 Å². The van der Waals surface area contributed by atoms with Gasteiger partial charge in [0.2, 0.25) is 0 Å². The van der Waals surface area contributed by atoms with Crippen molar-refractivity contribution in [3.63, 3.8) is 0 Å². The summed E-state index contributed by atoms with van der Waals surface area (Å²) in [6.45, 7) is 17.0. The lowest BCUT2D eigenvalue weighted by Gasteiger charge is -2.39. The van der Waals surface area contributed by atoms with Crippen molar-refractivity contribution >= 4 is 0 Å². The lowest BCUT2D eigenvalue weighted by atomic mass is 10.1. The third-order valence-electron chi connectivity index (χ3n) is 5.02. The Morgan fingerprint density at radius 2 is 0.913 bits per heavy atom. The van der Waals surface area contributed by atoms with Crippen molar-refractivity contribution in [1.82, 2.24) is 0 Å². The number of nitrogens with zero attached hydrogens (tertiary/aromatic N) is 1. The molecule has 0 aromatic heterocycles. The highest BCUT2D eigenvalue weighted by Crippen LogP contribution is 2.16. The zero-order chi connectivity index (χ0) is 17.2. The molecule has 0 bridgehead atoms. The van der Waals surface area contributed by atoms with Gasteiger partial charge in [-0.3, -0.25) is 0 Å². The summed E-state index contributed by atoms with van der Waals surface area (Å²) in [5.74, 6) is 0. The smallest absolute Gasteiger partial charge is 0.0786 e. The molecule has 0 N–H and O–H groups in total. The van der Waals surface area contributed by atoms with Crippen molar-refractivity contribution in [2.75, 3.05) is 39.4 Å². The first-order valence-corrected chi connectivity index (χ1v) is 10.7. The summed E-state index contributed by atoms with van der Waals surface area (Å²) >= 11 is 0. The van der Waals surface area contributed by atoms with Gasteiger partial charge in [0.25, 0.3) is 0 Å². The summed E-state index contributed by atoms with van der Waals surface area (Å²) in [5, 5.41) is 0. The van der Waals surface area contributed by atoms with E-state index in [1.165, 1.54) is 101 Å². The fourth-order valence-corrected chi connectivity index (χ4v) is 3.33. The second-order valence-corrected chi connectivity index (χ2v) is 7.32. The molecule has 0 unspecified atom stereocenters. The van der Waals surface area contributed by atoms with Gasteiger partial charge in [0.1, 0.15) is 0 Å². The van der Waals surface area contributed by atoms with Gasteiger partial charge in [0.15, 0.2) is 0 Å². The van der Waals surface area contributed by atoms with Crippen molar-refractivity contribution < 1.29 is 9.22 Å². The lowest BCUT2D eigenvalue weighted by molar-refractivity contribution is -0.929. The van der Waals surface area contributed by atoms with Crippen LogP contribution >= 0.6 is 0 Å². The summed E-state index contributed by atoms with van der Waals surface area (Å²) < 4.78 is 6.49. The van der Waals surface area contributed by atoms with Gasteiger partial charge < -0.3 is 9.22 Å². The molecular formula is C21H46NO+. The highest BCUT2D eigenvalue weighted by molar-refractivity contribution is 4.49. The van der Waals surface area contributed by atoms with Gasteiger partial charge in [0.05, 0.1) is 26.2 Å². The minimum Gasteiger partial charge on any atom is -0.381 e. The third kappa shape index (κ3) is 12.9. The Kier molecular flexibility index (Phi) is 16.7. The summed E-state index contributed by atoms with van der Waals surface area (Å²) in [6, 6.07) is 0. The highest BCUT2D eigenvalue weighted by atomic mass is 16.5. The molecule has 0 spiro atoms. The van der Waals surface area contributed by atoms with Gasteiger partial charge in [0, 0.05) is 13.2 Å². The van der Waals surface area contributed by atoms with Gasteiger partial charge in [-0.05, 0) is 44.9 Å². The van der Waals surface area contributed by atoms with E-state index in [2.05, 4.69) is 27.7 Å². The number of quaternary nitrogens is 1. The molecule has 140 valence electrons. The first-order valence-electron chi connectivity index (χ1n) is 10.7. The number of unbranched alkanes of at least 4 members (excludes halogenated alkanes) is 4. The zero-order valence-electron chi connectivity index (χ0n) is 16.9. The molecule has 0 amide bonds. The van der Waals surface area contributed by atoms with E-state index in [9.17, 15) is 0 Å². The number of ether oxygens (including phenoxy) is 1. The van der Waals surface area contributed by atoms with Crippen molar-refractivity contribution in [3.8, 4) is 0 Å². The van der Waals surface area contributed by atoms with Crippen LogP contribution in [-0.2, 0) is 4.74 Å². The molecule has 1 saturated heterocycles. The quantitative estimate of drug-likeness (QED) is 0.388. The van der Waals surface area contributed by atoms with Crippen LogP contribution < -0.4 is 0 Å². The summed E-state index contributed by atoms with van der Waals surface area (Å²) in [7, 11) is 0. The Morgan fingerprint density at radius 1 is 0.565 bits per heavy atom. The topological polar surface area (TPSA) is 9.23 Å². The maximum absolute atomic E-state index is 5.07. The Balaban J connectivity index is 0.000000664. The fraction of sp³-hybridized carbons (Fsp3) is 1.00. The molecule has 2 nitrogen and oxygen atoms in total. The molecule has 0 radical (unpaired) electrons. The third-order valence-corrected chi connectivity index (χ3v) is 5.02. The number of hydrogen-bond acceptors (Lipinski definition) is 1. The van der Waals surface area contributed by atoms with Gasteiger partial charge in [-0.1, -0.05) is 53.4 Å². The summed E-state index contributed by atoms with van der Waals surface area (Å²) in [4.78, 5) is 0. The Morgan fingerprint density at radius 3 is 1.09 bits per heavy atom. The maximum Gasteiger partial charge on any atom is 0.0786 e. The van der Waals surface area contributed by atoms with E-state index >= 15 is 0 Å². The Bertz CT molecular complexity index is 177. The predicted octanol–water partition coefficient (Wildman–Crippen LogP) is 6.19. The highest BCUT2D eigenvalue weighted by Gasteiger charge is 2.24. The van der Waals surface area contributed by atoms with Crippen molar-refractivity contribution in [2.24, 2.45) is 0 Å². The molecule has 0 atom stereocenters. The second-order valence-electron chi connectivity index (χ2n) is 7.32. The Labute approximate surface area is 147 Å². The average molecular weight is 329 g/mol. The maximum atomic E-state index is 5.07. The number of rotatable bonds is 12. The van der Waals surface area contributed by atoms with Crippen LogP contribution in [0.5, 0.6) is 0 Å². The molecule has 1 aliphatic heterocycles. The van der Waals surface area contributed by atoms with E-state index in [-0.39, 0.29) is 0 Å². The van der Waals surface area contributed by atoms with Crippen LogP contribution in [0.25, 0.3) is 0 Å². The zero-order valence-corrected chi connectivity index (χ0v) is 16.9. The molecule has 1 rings (SSSR count). The van der Waals surface area contributed by atoms with Crippen LogP contribution in [0.2, 0.25) is 0 Å². The average Bonchev–Trinajstić information content (AvgIpc) is 2.62. The van der Waals surface area contributed by atoms with Gasteiger partial charge in [-0.25, -0.2) is 0 Å². The molecule has 1 heterocycles. The normalized spacial score (nSPS) is 15.1. The van der Waals surface area contributed by atoms with E-state index < -0.39 is 0 Å². The molecule has 0 aromatic carbocycles. The predicted molar refractivity (Wildman–Crippen MR) is 104 cm³/mol. The summed E-state index contributed by atoms with van der Waals surface area (Å²) in [5.41, 5.74) is 0. The van der Waals surface area contributed by atoms with Crippen LogP contribution in [-0.4, -0.2) is 43.9 Å². The van der Waals surface area contributed by atoms with Gasteiger partial charge in [-0.15, -0.1) is 0 Å². The van der Waals surface area contributed by atoms with E-state index in [0.717, 1.165) is 13.2 Å². The summed E-state index contributed by atoms with van der Waals surface area (Å²) in [6.07, 6.45) is 15.0. The molecule has 0 aromatic rings. The monoisotopic (exact) mass is 328 g/mol. The standard InChI is InChI=1S/C16H36N.C5H10O/c1-5-9-13-17(14-10-6-2,15-11-7-3)16-12-8-4;1-2-4-6-5-3-1/h5-16H2,1-4H3;1-5H2/q+1;. The first kappa shape index (κ1) is 22.9. The lowest BCUT2D eigenvalue weighted by Crippen LogP contribution is -2.50. The molecule has 1 fully saturated rings. The van der Waals surface area contributed by atoms with Crippen LogP contribution in [0.4, 0.5) is 0 Å². The van der Waals surface area contributed by atoms with Crippen molar-refractivity contribution in [1.29, 1.82) is 0 Å². The first-order chi connectivity index (χ1) is 11.2. The SMILES string of the molecule is C1CCOCC1.CCCC[N+](CCCC)(CCCC)CCCC. The van der Waals surface area contributed by atoms with E-state index in [1.54, 1.807) is 0 Å². The molecule has 2 heteroatoms. The van der Waals surface area contributed by atoms with Crippen LogP contribution in [0.3, 0.4) is 0 Å². The Hall–Kier alpha value is -0.0800. The molecule has 1 aliphatic rings. The molecular weight excluding hydrogens is 282 g/mol. The number of hydrogen-bond donors (Lipinski definition) is 0. The van der Waals surface area contributed by atoms with Crippen LogP contribution in [0, 0.1) is 0 Å². The van der Waals surface area contributed by atoms with Crippen LogP contribution in [0.15, 0.2) is 0 Å². The molecule has 0 aliphatic carbocycles. The second kappa shape index (κ2) is 16.8. The fourth-order valence-electron chi connectivity index (χ4n) is 3.33. The minimum absolute atomic E-state index is 1.00. The van der Waals surface area contributed by atoms with Crippen LogP contribution in [0.1, 0.15) is 98.3 Å².